The maximum Gasteiger partial charge on any atom is 0.276 e. The van der Waals surface area contributed by atoms with Crippen LogP contribution in [0.1, 0.15) is 10.4 Å². The number of fused-ring (bicyclic) bond motifs is 1. The summed E-state index contributed by atoms with van der Waals surface area (Å²) in [5.74, 6) is -0.276. The van der Waals surface area contributed by atoms with Crippen molar-refractivity contribution >= 4 is 22.6 Å². The van der Waals surface area contributed by atoms with Crippen LogP contribution >= 0.6 is 0 Å². The number of nitrogens with zero attached hydrogens (tertiary/aromatic N) is 1. The van der Waals surface area contributed by atoms with Crippen LogP contribution < -0.4 is 15.6 Å². The van der Waals surface area contributed by atoms with Crippen LogP contribution in [0.25, 0.3) is 16.5 Å². The molecule has 6 heteroatoms. The molecule has 0 aliphatic heterocycles. The van der Waals surface area contributed by atoms with Crippen LogP contribution in [0.2, 0.25) is 0 Å². The van der Waals surface area contributed by atoms with Gasteiger partial charge in [0.05, 0.1) is 11.3 Å². The van der Waals surface area contributed by atoms with Gasteiger partial charge in [-0.15, -0.1) is 0 Å². The number of hydrogen-bond acceptors (Lipinski definition) is 3. The second-order valence-corrected chi connectivity index (χ2v) is 6.41. The van der Waals surface area contributed by atoms with Crippen molar-refractivity contribution < 1.29 is 14.3 Å². The van der Waals surface area contributed by atoms with Crippen molar-refractivity contribution in [1.82, 2.24) is 15.4 Å². The van der Waals surface area contributed by atoms with E-state index in [0.29, 0.717) is 11.3 Å². The van der Waals surface area contributed by atoms with E-state index in [1.54, 1.807) is 12.1 Å². The molecule has 0 aliphatic rings. The van der Waals surface area contributed by atoms with Crippen LogP contribution in [-0.4, -0.2) is 23.0 Å². The quantitative estimate of drug-likeness (QED) is 0.517. The topological polar surface area (TPSA) is 72.4 Å². The molecule has 4 rings (SSSR count). The Morgan fingerprint density at radius 3 is 2.34 bits per heavy atom. The van der Waals surface area contributed by atoms with Crippen molar-refractivity contribution in [3.63, 3.8) is 0 Å². The van der Waals surface area contributed by atoms with Gasteiger partial charge in [-0.25, -0.2) is 0 Å². The van der Waals surface area contributed by atoms with E-state index < -0.39 is 11.8 Å². The molecule has 0 saturated heterocycles. The van der Waals surface area contributed by atoms with Gasteiger partial charge in [-0.1, -0.05) is 42.5 Å². The summed E-state index contributed by atoms with van der Waals surface area (Å²) in [5, 5.41) is 2.12. The first-order valence-electron chi connectivity index (χ1n) is 9.14. The van der Waals surface area contributed by atoms with Gasteiger partial charge >= 0.3 is 0 Å². The first-order chi connectivity index (χ1) is 14.2. The van der Waals surface area contributed by atoms with Gasteiger partial charge in [-0.2, -0.15) is 0 Å². The molecule has 144 valence electrons. The van der Waals surface area contributed by atoms with Gasteiger partial charge in [-0.05, 0) is 47.2 Å². The molecule has 2 N–H and O–H groups in total. The number of para-hydroxylation sites is 1. The summed E-state index contributed by atoms with van der Waals surface area (Å²) >= 11 is 0. The average molecular weight is 385 g/mol. The first kappa shape index (κ1) is 18.3. The number of nitrogens with one attached hydrogen (secondary N) is 2. The van der Waals surface area contributed by atoms with Gasteiger partial charge in [0.25, 0.3) is 11.8 Å². The van der Waals surface area contributed by atoms with Crippen molar-refractivity contribution in [2.75, 3.05) is 6.61 Å². The Kier molecular flexibility index (Phi) is 5.25. The Balaban J connectivity index is 1.34. The average Bonchev–Trinajstić information content (AvgIpc) is 3.30. The molecule has 0 spiro atoms. The molecule has 2 amide bonds. The second kappa shape index (κ2) is 8.31. The van der Waals surface area contributed by atoms with Crippen molar-refractivity contribution in [3.8, 4) is 11.4 Å². The van der Waals surface area contributed by atoms with Gasteiger partial charge in [-0.3, -0.25) is 20.4 Å². The summed E-state index contributed by atoms with van der Waals surface area (Å²) < 4.78 is 7.36. The number of benzene rings is 3. The van der Waals surface area contributed by atoms with Crippen LogP contribution in [0.4, 0.5) is 0 Å². The summed E-state index contributed by atoms with van der Waals surface area (Å²) in [6.45, 7) is -0.210. The zero-order valence-electron chi connectivity index (χ0n) is 15.5. The molecule has 29 heavy (non-hydrogen) atoms. The number of ether oxygens (including phenoxy) is 1. The van der Waals surface area contributed by atoms with Crippen LogP contribution in [0.15, 0.2) is 91.3 Å². The Labute approximate surface area is 167 Å². The maximum atomic E-state index is 12.5. The monoisotopic (exact) mass is 385 g/mol. The number of carbonyl (C=O) groups excluding carboxylic acids is 2. The Morgan fingerprint density at radius 1 is 0.793 bits per heavy atom. The molecule has 6 nitrogen and oxygen atoms in total. The number of hydrazine groups is 1. The Morgan fingerprint density at radius 2 is 1.52 bits per heavy atom. The lowest BCUT2D eigenvalue weighted by molar-refractivity contribution is -0.123. The largest absolute Gasteiger partial charge is 0.484 e. The summed E-state index contributed by atoms with van der Waals surface area (Å²) in [7, 11) is 0. The highest BCUT2D eigenvalue weighted by molar-refractivity contribution is 5.98. The molecule has 0 atom stereocenters. The minimum Gasteiger partial charge on any atom is -0.484 e. The van der Waals surface area contributed by atoms with E-state index in [9.17, 15) is 9.59 Å². The van der Waals surface area contributed by atoms with E-state index in [0.717, 1.165) is 16.5 Å². The number of hydrogen-bond donors (Lipinski definition) is 2. The molecule has 0 saturated carbocycles. The molecule has 1 heterocycles. The highest BCUT2D eigenvalue weighted by atomic mass is 16.5. The van der Waals surface area contributed by atoms with Gasteiger partial charge in [0.15, 0.2) is 6.61 Å². The Hall–Kier alpha value is -4.06. The molecule has 3 aromatic carbocycles. The maximum absolute atomic E-state index is 12.5. The molecule has 0 bridgehead atoms. The molecule has 0 unspecified atom stereocenters. The smallest absolute Gasteiger partial charge is 0.276 e. The summed E-state index contributed by atoms with van der Waals surface area (Å²) in [6.07, 6.45) is 3.70. The van der Waals surface area contributed by atoms with Gasteiger partial charge in [0, 0.05) is 12.4 Å². The van der Waals surface area contributed by atoms with Crippen LogP contribution in [0, 0.1) is 0 Å². The minimum absolute atomic E-state index is 0.210. The lowest BCUT2D eigenvalue weighted by Gasteiger charge is -2.12. The molecule has 0 fully saturated rings. The van der Waals surface area contributed by atoms with Crippen molar-refractivity contribution in [2.45, 2.75) is 0 Å². The van der Waals surface area contributed by atoms with E-state index >= 15 is 0 Å². The fraction of sp³-hybridized carbons (Fsp3) is 0.0435. The second-order valence-electron chi connectivity index (χ2n) is 6.41. The number of rotatable bonds is 5. The van der Waals surface area contributed by atoms with Crippen LogP contribution in [0.3, 0.4) is 0 Å². The summed E-state index contributed by atoms with van der Waals surface area (Å²) in [6, 6.07) is 24.4. The first-order valence-corrected chi connectivity index (χ1v) is 9.14. The predicted octanol–water partition coefficient (Wildman–Crippen LogP) is 3.47. The third-order valence-corrected chi connectivity index (χ3v) is 4.44. The minimum atomic E-state index is -0.454. The van der Waals surface area contributed by atoms with Gasteiger partial charge in [0.1, 0.15) is 5.75 Å². The number of amides is 2. The molecule has 1 aromatic heterocycles. The van der Waals surface area contributed by atoms with Crippen molar-refractivity contribution in [3.05, 3.63) is 96.8 Å². The van der Waals surface area contributed by atoms with E-state index in [1.807, 2.05) is 83.7 Å². The van der Waals surface area contributed by atoms with Gasteiger partial charge < -0.3 is 9.30 Å². The normalized spacial score (nSPS) is 10.5. The standard InChI is InChI=1S/C23H19N3O3/c27-22(16-29-19-12-11-17-7-1-2-8-18(17)15-19)24-25-23(28)20-9-3-4-10-21(20)26-13-5-6-14-26/h1-15H,16H2,(H,24,27)(H,25,28). The molecule has 0 radical (unpaired) electrons. The summed E-state index contributed by atoms with van der Waals surface area (Å²) in [4.78, 5) is 24.6. The molecule has 0 aliphatic carbocycles. The third kappa shape index (κ3) is 4.27. The SMILES string of the molecule is O=C(COc1ccc2ccccc2c1)NNC(=O)c1ccccc1-n1cccc1. The van der Waals surface area contributed by atoms with Crippen LogP contribution in [-0.2, 0) is 4.79 Å². The lowest BCUT2D eigenvalue weighted by atomic mass is 10.1. The highest BCUT2D eigenvalue weighted by Gasteiger charge is 2.13. The highest BCUT2D eigenvalue weighted by Crippen LogP contribution is 2.20. The van der Waals surface area contributed by atoms with Crippen LogP contribution in [0.5, 0.6) is 5.75 Å². The summed E-state index contributed by atoms with van der Waals surface area (Å²) in [5.41, 5.74) is 5.99. The zero-order valence-corrected chi connectivity index (χ0v) is 15.5. The van der Waals surface area contributed by atoms with Crippen molar-refractivity contribution in [1.29, 1.82) is 0 Å². The predicted molar refractivity (Wildman–Crippen MR) is 111 cm³/mol. The van der Waals surface area contributed by atoms with E-state index in [-0.39, 0.29) is 6.61 Å². The third-order valence-electron chi connectivity index (χ3n) is 4.44. The van der Waals surface area contributed by atoms with E-state index in [2.05, 4.69) is 10.9 Å². The molecule has 4 aromatic rings. The lowest BCUT2D eigenvalue weighted by Crippen LogP contribution is -2.44. The Bertz CT molecular complexity index is 1150. The van der Waals surface area contributed by atoms with E-state index in [1.165, 1.54) is 0 Å². The van der Waals surface area contributed by atoms with E-state index in [4.69, 9.17) is 4.74 Å². The number of aromatic nitrogens is 1. The number of carbonyl (C=O) groups is 2. The van der Waals surface area contributed by atoms with Crippen molar-refractivity contribution in [2.24, 2.45) is 0 Å². The molecular weight excluding hydrogens is 366 g/mol. The van der Waals surface area contributed by atoms with Gasteiger partial charge in [0.2, 0.25) is 0 Å². The zero-order chi connectivity index (χ0) is 20.1. The molecular formula is C23H19N3O3. The fourth-order valence-electron chi connectivity index (χ4n) is 3.02. The fourth-order valence-corrected chi connectivity index (χ4v) is 3.02.